The van der Waals surface area contributed by atoms with Gasteiger partial charge in [-0.1, -0.05) is 38.0 Å². The first-order valence-corrected chi connectivity index (χ1v) is 7.68. The van der Waals surface area contributed by atoms with Crippen LogP contribution in [0.15, 0.2) is 30.3 Å². The Hall–Kier alpha value is -1.06. The third-order valence-corrected chi connectivity index (χ3v) is 4.29. The number of benzene rings is 1. The summed E-state index contributed by atoms with van der Waals surface area (Å²) in [5.41, 5.74) is 1.04. The number of anilines is 1. The average Bonchev–Trinajstić information content (AvgIpc) is 2.48. The Kier molecular flexibility index (Phi) is 7.20. The second-order valence-corrected chi connectivity index (χ2v) is 5.84. The van der Waals surface area contributed by atoms with Crippen LogP contribution >= 0.6 is 12.4 Å². The van der Waals surface area contributed by atoms with E-state index in [0.29, 0.717) is 18.5 Å². The third-order valence-electron chi connectivity index (χ3n) is 4.29. The van der Waals surface area contributed by atoms with Gasteiger partial charge in [-0.2, -0.15) is 0 Å². The van der Waals surface area contributed by atoms with E-state index in [2.05, 4.69) is 31.1 Å². The van der Waals surface area contributed by atoms with E-state index in [1.54, 1.807) is 0 Å². The Balaban J connectivity index is 0.00000220. The van der Waals surface area contributed by atoms with E-state index in [4.69, 9.17) is 0 Å². The molecule has 1 amide bonds. The molecule has 0 saturated heterocycles. The van der Waals surface area contributed by atoms with Crippen LogP contribution < -0.4 is 4.90 Å². The highest BCUT2D eigenvalue weighted by atomic mass is 35.5. The summed E-state index contributed by atoms with van der Waals surface area (Å²) in [4.78, 5) is 16.8. The predicted octanol–water partition coefficient (Wildman–Crippen LogP) is 3.72. The lowest BCUT2D eigenvalue weighted by atomic mass is 9.88. The van der Waals surface area contributed by atoms with Crippen molar-refractivity contribution >= 4 is 24.0 Å². The second-order valence-electron chi connectivity index (χ2n) is 5.84. The Morgan fingerprint density at radius 3 is 2.19 bits per heavy atom. The fourth-order valence-corrected chi connectivity index (χ4v) is 3.27. The summed E-state index contributed by atoms with van der Waals surface area (Å²) in [6.07, 6.45) is 5.32. The van der Waals surface area contributed by atoms with Crippen molar-refractivity contribution in [2.24, 2.45) is 0 Å². The SMILES string of the molecule is CCC(=O)N(c1ccccc1)[C@@H]1CCCC[C@H]1N(C)C.Cl. The van der Waals surface area contributed by atoms with Gasteiger partial charge in [-0.15, -0.1) is 12.4 Å². The number of halogens is 1. The molecule has 4 heteroatoms. The van der Waals surface area contributed by atoms with Crippen molar-refractivity contribution in [3.63, 3.8) is 0 Å². The molecule has 0 bridgehead atoms. The van der Waals surface area contributed by atoms with Crippen molar-refractivity contribution in [3.8, 4) is 0 Å². The first-order valence-electron chi connectivity index (χ1n) is 7.68. The summed E-state index contributed by atoms with van der Waals surface area (Å²) in [5, 5.41) is 0. The van der Waals surface area contributed by atoms with Gasteiger partial charge in [0.1, 0.15) is 0 Å². The molecular formula is C17H27ClN2O. The Morgan fingerprint density at radius 1 is 1.10 bits per heavy atom. The number of amides is 1. The Labute approximate surface area is 134 Å². The van der Waals surface area contributed by atoms with Crippen molar-refractivity contribution in [1.82, 2.24) is 4.90 Å². The fourth-order valence-electron chi connectivity index (χ4n) is 3.27. The topological polar surface area (TPSA) is 23.6 Å². The van der Waals surface area contributed by atoms with Crippen LogP contribution in [-0.4, -0.2) is 37.0 Å². The highest BCUT2D eigenvalue weighted by Crippen LogP contribution is 2.30. The number of hydrogen-bond donors (Lipinski definition) is 0. The first kappa shape index (κ1) is 18.0. The monoisotopic (exact) mass is 310 g/mol. The van der Waals surface area contributed by atoms with Gasteiger partial charge in [0.25, 0.3) is 0 Å². The van der Waals surface area contributed by atoms with Gasteiger partial charge in [0.15, 0.2) is 0 Å². The summed E-state index contributed by atoms with van der Waals surface area (Å²) in [7, 11) is 4.26. The van der Waals surface area contributed by atoms with Gasteiger partial charge < -0.3 is 9.80 Å². The maximum Gasteiger partial charge on any atom is 0.227 e. The van der Waals surface area contributed by atoms with Crippen LogP contribution in [0.25, 0.3) is 0 Å². The lowest BCUT2D eigenvalue weighted by molar-refractivity contribution is -0.119. The smallest absolute Gasteiger partial charge is 0.227 e. The molecule has 1 aliphatic rings. The zero-order valence-corrected chi connectivity index (χ0v) is 14.1. The molecule has 0 aliphatic heterocycles. The van der Waals surface area contributed by atoms with E-state index in [9.17, 15) is 4.79 Å². The molecule has 0 radical (unpaired) electrons. The molecular weight excluding hydrogens is 284 g/mol. The van der Waals surface area contributed by atoms with E-state index in [-0.39, 0.29) is 18.3 Å². The largest absolute Gasteiger partial charge is 0.308 e. The molecule has 0 heterocycles. The molecule has 0 unspecified atom stereocenters. The zero-order chi connectivity index (χ0) is 14.5. The third kappa shape index (κ3) is 4.21. The summed E-state index contributed by atoms with van der Waals surface area (Å²) in [6, 6.07) is 10.9. The number of rotatable bonds is 4. The molecule has 2 atom stereocenters. The normalized spacial score (nSPS) is 21.7. The van der Waals surface area contributed by atoms with Crippen LogP contribution in [0.5, 0.6) is 0 Å². The lowest BCUT2D eigenvalue weighted by Crippen LogP contribution is -2.53. The number of carbonyl (C=O) groups is 1. The molecule has 1 saturated carbocycles. The highest BCUT2D eigenvalue weighted by Gasteiger charge is 2.34. The molecule has 0 N–H and O–H groups in total. The number of likely N-dealkylation sites (N-methyl/N-ethyl adjacent to an activating group) is 1. The van der Waals surface area contributed by atoms with Gasteiger partial charge in [0, 0.05) is 18.2 Å². The van der Waals surface area contributed by atoms with Crippen LogP contribution in [0.1, 0.15) is 39.0 Å². The zero-order valence-electron chi connectivity index (χ0n) is 13.3. The van der Waals surface area contributed by atoms with E-state index < -0.39 is 0 Å². The minimum absolute atomic E-state index is 0. The lowest BCUT2D eigenvalue weighted by Gasteiger charge is -2.42. The molecule has 2 rings (SSSR count). The van der Waals surface area contributed by atoms with E-state index in [0.717, 1.165) is 12.1 Å². The molecule has 21 heavy (non-hydrogen) atoms. The maximum absolute atomic E-state index is 12.5. The quantitative estimate of drug-likeness (QED) is 0.846. The molecule has 1 aromatic rings. The van der Waals surface area contributed by atoms with Crippen LogP contribution in [0, 0.1) is 0 Å². The molecule has 1 aromatic carbocycles. The molecule has 3 nitrogen and oxygen atoms in total. The Morgan fingerprint density at radius 2 is 1.67 bits per heavy atom. The van der Waals surface area contributed by atoms with Crippen molar-refractivity contribution in [2.75, 3.05) is 19.0 Å². The number of hydrogen-bond acceptors (Lipinski definition) is 2. The van der Waals surface area contributed by atoms with Gasteiger partial charge >= 0.3 is 0 Å². The Bertz CT molecular complexity index is 436. The molecule has 1 aliphatic carbocycles. The molecule has 0 aromatic heterocycles. The first-order chi connectivity index (χ1) is 9.65. The van der Waals surface area contributed by atoms with Gasteiger partial charge in [-0.25, -0.2) is 0 Å². The van der Waals surface area contributed by atoms with E-state index in [1.165, 1.54) is 19.3 Å². The standard InChI is InChI=1S/C17H26N2O.ClH/c1-4-17(20)19(14-10-6-5-7-11-14)16-13-9-8-12-15(16)18(2)3;/h5-7,10-11,15-16H,4,8-9,12-13H2,1-3H3;1H/t15-,16-;/m1./s1. The van der Waals surface area contributed by atoms with Crippen LogP contribution in [0.2, 0.25) is 0 Å². The van der Waals surface area contributed by atoms with E-state index in [1.807, 2.05) is 30.0 Å². The minimum atomic E-state index is 0. The summed E-state index contributed by atoms with van der Waals surface area (Å²) >= 11 is 0. The van der Waals surface area contributed by atoms with Crippen LogP contribution in [0.3, 0.4) is 0 Å². The fraction of sp³-hybridized carbons (Fsp3) is 0.588. The van der Waals surface area contributed by atoms with Crippen molar-refractivity contribution in [2.45, 2.75) is 51.1 Å². The van der Waals surface area contributed by atoms with Gasteiger partial charge in [0.05, 0.1) is 6.04 Å². The van der Waals surface area contributed by atoms with Gasteiger partial charge in [-0.3, -0.25) is 4.79 Å². The average molecular weight is 311 g/mol. The van der Waals surface area contributed by atoms with Crippen molar-refractivity contribution < 1.29 is 4.79 Å². The predicted molar refractivity (Wildman–Crippen MR) is 91.2 cm³/mol. The van der Waals surface area contributed by atoms with Gasteiger partial charge in [0.2, 0.25) is 5.91 Å². The van der Waals surface area contributed by atoms with Crippen molar-refractivity contribution in [1.29, 1.82) is 0 Å². The van der Waals surface area contributed by atoms with Crippen LogP contribution in [0.4, 0.5) is 5.69 Å². The summed E-state index contributed by atoms with van der Waals surface area (Å²) in [5.74, 6) is 0.231. The number of carbonyl (C=O) groups excluding carboxylic acids is 1. The van der Waals surface area contributed by atoms with Crippen LogP contribution in [-0.2, 0) is 4.79 Å². The molecule has 118 valence electrons. The number of nitrogens with zero attached hydrogens (tertiary/aromatic N) is 2. The minimum Gasteiger partial charge on any atom is -0.308 e. The highest BCUT2D eigenvalue weighted by molar-refractivity contribution is 5.93. The van der Waals surface area contributed by atoms with Crippen molar-refractivity contribution in [3.05, 3.63) is 30.3 Å². The summed E-state index contributed by atoms with van der Waals surface area (Å²) < 4.78 is 0. The second kappa shape index (κ2) is 8.40. The summed E-state index contributed by atoms with van der Waals surface area (Å²) in [6.45, 7) is 1.95. The number of para-hydroxylation sites is 1. The van der Waals surface area contributed by atoms with Gasteiger partial charge in [-0.05, 0) is 39.1 Å². The maximum atomic E-state index is 12.5. The van der Waals surface area contributed by atoms with E-state index >= 15 is 0 Å². The molecule has 0 spiro atoms. The molecule has 1 fully saturated rings.